The van der Waals surface area contributed by atoms with Crippen LogP contribution in [0.3, 0.4) is 0 Å². The summed E-state index contributed by atoms with van der Waals surface area (Å²) in [5.41, 5.74) is 0.724. The third-order valence-corrected chi connectivity index (χ3v) is 7.40. The molecule has 0 aliphatic carbocycles. The number of rotatable bonds is 3. The normalized spacial score (nSPS) is 26.6. The van der Waals surface area contributed by atoms with Gasteiger partial charge in [-0.1, -0.05) is 23.8 Å². The van der Waals surface area contributed by atoms with Gasteiger partial charge in [-0.2, -0.15) is 0 Å². The van der Waals surface area contributed by atoms with Crippen LogP contribution in [0.2, 0.25) is 0 Å². The van der Waals surface area contributed by atoms with E-state index >= 15 is 0 Å². The minimum Gasteiger partial charge on any atom is -0.497 e. The number of aryl methyl sites for hydroxylation is 1. The zero-order chi connectivity index (χ0) is 19.4. The molecule has 1 fully saturated rings. The molecule has 27 heavy (non-hydrogen) atoms. The number of carbonyl (C=O) groups is 1. The Kier molecular flexibility index (Phi) is 3.96. The van der Waals surface area contributed by atoms with Crippen molar-refractivity contribution in [1.82, 2.24) is 5.32 Å². The second-order valence-electron chi connectivity index (χ2n) is 7.32. The number of ether oxygens (including phenoxy) is 2. The lowest BCUT2D eigenvalue weighted by Crippen LogP contribution is -2.63. The smallest absolute Gasteiger partial charge is 0.242 e. The number of hydrogen-bond donors (Lipinski definition) is 1. The van der Waals surface area contributed by atoms with Gasteiger partial charge < -0.3 is 14.8 Å². The Morgan fingerprint density at radius 3 is 2.56 bits per heavy atom. The van der Waals surface area contributed by atoms with Gasteiger partial charge in [-0.25, -0.2) is 8.42 Å². The van der Waals surface area contributed by atoms with E-state index in [1.54, 1.807) is 56.5 Å². The number of hydrogen-bond acceptors (Lipinski definition) is 5. The minimum atomic E-state index is -3.86. The van der Waals surface area contributed by atoms with Crippen molar-refractivity contribution in [1.29, 1.82) is 0 Å². The first-order valence-corrected chi connectivity index (χ1v) is 10.3. The van der Waals surface area contributed by atoms with Gasteiger partial charge in [0.05, 0.1) is 12.0 Å². The fraction of sp³-hybridized carbons (Fsp3) is 0.350. The van der Waals surface area contributed by atoms with Crippen LogP contribution >= 0.6 is 0 Å². The average molecular weight is 387 g/mol. The Bertz CT molecular complexity index is 1020. The molecule has 6 nitrogen and oxygen atoms in total. The van der Waals surface area contributed by atoms with Gasteiger partial charge in [0.25, 0.3) is 0 Å². The molecule has 3 unspecified atom stereocenters. The zero-order valence-electron chi connectivity index (χ0n) is 15.4. The molecule has 2 aromatic carbocycles. The van der Waals surface area contributed by atoms with E-state index in [1.165, 1.54) is 0 Å². The van der Waals surface area contributed by atoms with Gasteiger partial charge in [0, 0.05) is 18.4 Å². The maximum atomic E-state index is 13.3. The van der Waals surface area contributed by atoms with Gasteiger partial charge in [0.2, 0.25) is 5.91 Å². The first-order valence-electron chi connectivity index (χ1n) is 8.73. The number of carbonyl (C=O) groups excluding carboxylic acids is 1. The second kappa shape index (κ2) is 5.99. The molecule has 7 heteroatoms. The fourth-order valence-electron chi connectivity index (χ4n) is 3.94. The van der Waals surface area contributed by atoms with Crippen molar-refractivity contribution in [3.05, 3.63) is 53.6 Å². The van der Waals surface area contributed by atoms with E-state index in [4.69, 9.17) is 9.47 Å². The van der Waals surface area contributed by atoms with Crippen LogP contribution in [0.5, 0.6) is 11.5 Å². The molecule has 0 aromatic heterocycles. The lowest BCUT2D eigenvalue weighted by molar-refractivity contribution is -0.132. The predicted molar refractivity (Wildman–Crippen MR) is 99.7 cm³/mol. The molecule has 2 aliphatic rings. The number of sulfone groups is 1. The molecule has 2 bridgehead atoms. The number of fused-ring (bicyclic) bond motifs is 4. The molecule has 3 atom stereocenters. The van der Waals surface area contributed by atoms with E-state index in [-0.39, 0.29) is 4.90 Å². The quantitative estimate of drug-likeness (QED) is 0.875. The predicted octanol–water partition coefficient (Wildman–Crippen LogP) is 2.56. The summed E-state index contributed by atoms with van der Waals surface area (Å²) < 4.78 is 37.9. The number of nitrogens with one attached hydrogen (secondary N) is 1. The molecule has 0 radical (unpaired) electrons. The van der Waals surface area contributed by atoms with Gasteiger partial charge in [-0.3, -0.25) is 4.79 Å². The highest BCUT2D eigenvalue weighted by Crippen LogP contribution is 2.48. The summed E-state index contributed by atoms with van der Waals surface area (Å²) in [5, 5.41) is 1.55. The fourth-order valence-corrected chi connectivity index (χ4v) is 5.77. The average Bonchev–Trinajstić information content (AvgIpc) is 2.60. The molecular weight excluding hydrogens is 366 g/mol. The monoisotopic (exact) mass is 387 g/mol. The van der Waals surface area contributed by atoms with E-state index in [0.717, 1.165) is 5.56 Å². The van der Waals surface area contributed by atoms with Crippen LogP contribution in [0.25, 0.3) is 0 Å². The van der Waals surface area contributed by atoms with Gasteiger partial charge in [-0.15, -0.1) is 0 Å². The Hall–Kier alpha value is -2.54. The van der Waals surface area contributed by atoms with Crippen molar-refractivity contribution < 1.29 is 22.7 Å². The van der Waals surface area contributed by atoms with Gasteiger partial charge in [-0.05, 0) is 37.6 Å². The summed E-state index contributed by atoms with van der Waals surface area (Å²) in [6.45, 7) is 3.65. The van der Waals surface area contributed by atoms with E-state index in [0.29, 0.717) is 23.5 Å². The van der Waals surface area contributed by atoms with Crippen LogP contribution in [0.1, 0.15) is 30.4 Å². The van der Waals surface area contributed by atoms with Gasteiger partial charge in [0.1, 0.15) is 11.5 Å². The maximum Gasteiger partial charge on any atom is 0.242 e. The standard InChI is InChI=1S/C20H21NO5S/c1-12-4-7-14(8-5-12)27(23,24)18-16-11-20(2,21-19(18)22)26-17-10-13(25-3)6-9-15(16)17/h4-10,16,18H,11H2,1-3H3,(H,21,22). The summed E-state index contributed by atoms with van der Waals surface area (Å²) in [5.74, 6) is 0.124. The molecular formula is C20H21NO5S. The summed E-state index contributed by atoms with van der Waals surface area (Å²) >= 11 is 0. The molecule has 2 heterocycles. The number of methoxy groups -OCH3 is 1. The lowest BCUT2D eigenvalue weighted by atomic mass is 9.81. The molecule has 2 aromatic rings. The summed E-state index contributed by atoms with van der Waals surface area (Å²) in [4.78, 5) is 13.0. The molecule has 1 N–H and O–H groups in total. The molecule has 4 rings (SSSR count). The number of amides is 1. The molecule has 1 saturated heterocycles. The second-order valence-corrected chi connectivity index (χ2v) is 9.38. The van der Waals surface area contributed by atoms with Crippen molar-refractivity contribution in [2.45, 2.75) is 42.1 Å². The Morgan fingerprint density at radius 1 is 1.19 bits per heavy atom. The molecule has 0 spiro atoms. The lowest BCUT2D eigenvalue weighted by Gasteiger charge is -2.46. The summed E-state index contributed by atoms with van der Waals surface area (Å²) in [7, 11) is -2.31. The van der Waals surface area contributed by atoms with Crippen molar-refractivity contribution in [2.75, 3.05) is 7.11 Å². The highest BCUT2D eigenvalue weighted by Gasteiger charge is 2.54. The number of piperidine rings is 1. The first kappa shape index (κ1) is 17.9. The third-order valence-electron chi connectivity index (χ3n) is 5.26. The van der Waals surface area contributed by atoms with Crippen LogP contribution < -0.4 is 14.8 Å². The Balaban J connectivity index is 1.84. The zero-order valence-corrected chi connectivity index (χ0v) is 16.2. The van der Waals surface area contributed by atoms with Crippen LogP contribution in [-0.4, -0.2) is 32.4 Å². The highest BCUT2D eigenvalue weighted by molar-refractivity contribution is 7.92. The maximum absolute atomic E-state index is 13.3. The minimum absolute atomic E-state index is 0.151. The van der Waals surface area contributed by atoms with E-state index in [1.807, 2.05) is 6.92 Å². The van der Waals surface area contributed by atoms with Crippen LogP contribution in [-0.2, 0) is 14.6 Å². The van der Waals surface area contributed by atoms with E-state index < -0.39 is 32.6 Å². The van der Waals surface area contributed by atoms with Gasteiger partial charge in [0.15, 0.2) is 20.8 Å². The van der Waals surface area contributed by atoms with Crippen LogP contribution in [0, 0.1) is 6.92 Å². The molecule has 0 saturated carbocycles. The third kappa shape index (κ3) is 2.86. The van der Waals surface area contributed by atoms with E-state index in [2.05, 4.69) is 5.32 Å². The SMILES string of the molecule is COc1ccc2c(c1)OC1(C)CC2C(S(=O)(=O)c2ccc(C)cc2)C(=O)N1. The molecule has 2 aliphatic heterocycles. The molecule has 142 valence electrons. The first-order chi connectivity index (χ1) is 12.7. The molecule has 1 amide bonds. The van der Waals surface area contributed by atoms with Crippen molar-refractivity contribution in [2.24, 2.45) is 0 Å². The van der Waals surface area contributed by atoms with Gasteiger partial charge >= 0.3 is 0 Å². The van der Waals surface area contributed by atoms with Crippen molar-refractivity contribution in [3.63, 3.8) is 0 Å². The van der Waals surface area contributed by atoms with E-state index in [9.17, 15) is 13.2 Å². The summed E-state index contributed by atoms with van der Waals surface area (Å²) in [6, 6.07) is 11.9. The Labute approximate surface area is 158 Å². The largest absolute Gasteiger partial charge is 0.497 e. The Morgan fingerprint density at radius 2 is 1.89 bits per heavy atom. The topological polar surface area (TPSA) is 81.7 Å². The van der Waals surface area contributed by atoms with Crippen molar-refractivity contribution >= 4 is 15.7 Å². The summed E-state index contributed by atoms with van der Waals surface area (Å²) in [6.07, 6.45) is 0.383. The number of benzene rings is 2. The van der Waals surface area contributed by atoms with Crippen LogP contribution in [0.15, 0.2) is 47.4 Å². The van der Waals surface area contributed by atoms with Crippen LogP contribution in [0.4, 0.5) is 0 Å². The highest BCUT2D eigenvalue weighted by atomic mass is 32.2. The van der Waals surface area contributed by atoms with Crippen molar-refractivity contribution in [3.8, 4) is 11.5 Å².